The fourth-order valence-electron chi connectivity index (χ4n) is 3.97. The van der Waals surface area contributed by atoms with Crippen molar-refractivity contribution in [2.45, 2.75) is 51.9 Å². The van der Waals surface area contributed by atoms with Crippen molar-refractivity contribution < 1.29 is 18.3 Å². The van der Waals surface area contributed by atoms with Crippen molar-refractivity contribution in [3.63, 3.8) is 0 Å². The van der Waals surface area contributed by atoms with E-state index in [1.807, 2.05) is 25.3 Å². The molecule has 0 spiro atoms. The molecule has 29 heavy (non-hydrogen) atoms. The van der Waals surface area contributed by atoms with Gasteiger partial charge in [0.2, 0.25) is 6.36 Å². The number of hydrogen-bond donors (Lipinski definition) is 1. The molecule has 2 aromatic heterocycles. The molecule has 1 aliphatic rings. The van der Waals surface area contributed by atoms with Gasteiger partial charge < -0.3 is 10.5 Å². The van der Waals surface area contributed by atoms with Crippen molar-refractivity contribution in [2.75, 3.05) is 13.1 Å². The third-order valence-electron chi connectivity index (χ3n) is 5.99. The van der Waals surface area contributed by atoms with Crippen LogP contribution >= 0.6 is 11.3 Å². The molecule has 1 amide bonds. The summed E-state index contributed by atoms with van der Waals surface area (Å²) in [5.74, 6) is 0. The van der Waals surface area contributed by atoms with Crippen molar-refractivity contribution in [1.82, 2.24) is 9.88 Å². The Bertz CT molecular complexity index is 856. The number of ether oxygens (including phenoxy) is 1. The molecule has 3 rings (SSSR count). The number of carbonyl (C=O) groups excluding carboxylic acids is 1. The number of pyridine rings is 1. The lowest BCUT2D eigenvalue weighted by molar-refractivity contribution is -0.0812. The first kappa shape index (κ1) is 21.6. The van der Waals surface area contributed by atoms with Gasteiger partial charge in [-0.25, -0.2) is 9.18 Å². The Morgan fingerprint density at radius 2 is 2.17 bits per heavy atom. The molecule has 5 nitrogen and oxygen atoms in total. The van der Waals surface area contributed by atoms with Gasteiger partial charge in [-0.05, 0) is 70.3 Å². The first-order chi connectivity index (χ1) is 13.6. The number of primary amides is 1. The molecule has 158 valence electrons. The van der Waals surface area contributed by atoms with Crippen molar-refractivity contribution in [1.29, 1.82) is 0 Å². The van der Waals surface area contributed by atoms with Crippen molar-refractivity contribution in [3.05, 3.63) is 51.7 Å². The minimum Gasteiger partial charge on any atom is -0.414 e. The number of nitrogens with zero attached hydrogens (tertiary/aromatic N) is 2. The van der Waals surface area contributed by atoms with Crippen LogP contribution in [0.25, 0.3) is 0 Å². The molecule has 1 unspecified atom stereocenters. The number of aryl methyl sites for hydroxylation is 2. The van der Waals surface area contributed by atoms with E-state index in [4.69, 9.17) is 10.5 Å². The largest absolute Gasteiger partial charge is 0.414 e. The summed E-state index contributed by atoms with van der Waals surface area (Å²) in [4.78, 5) is 18.6. The second-order valence-electron chi connectivity index (χ2n) is 8.24. The summed E-state index contributed by atoms with van der Waals surface area (Å²) in [6.45, 7) is 7.12. The number of rotatable bonds is 7. The summed E-state index contributed by atoms with van der Waals surface area (Å²) in [5, 5.41) is -0.264. The van der Waals surface area contributed by atoms with E-state index in [1.165, 1.54) is 6.07 Å². The molecule has 0 saturated carbocycles. The van der Waals surface area contributed by atoms with Crippen LogP contribution in [0.2, 0.25) is 0 Å². The van der Waals surface area contributed by atoms with Gasteiger partial charge in [0.25, 0.3) is 0 Å². The number of nitrogens with two attached hydrogens (primary N) is 1. The average Bonchev–Trinajstić information content (AvgIpc) is 3.27. The van der Waals surface area contributed by atoms with Gasteiger partial charge in [-0.3, -0.25) is 9.88 Å². The minimum atomic E-state index is -1.82. The second-order valence-corrected chi connectivity index (χ2v) is 9.36. The Morgan fingerprint density at radius 1 is 1.41 bits per heavy atom. The maximum absolute atomic E-state index is 15.1. The van der Waals surface area contributed by atoms with Crippen LogP contribution in [0.4, 0.5) is 13.6 Å². The smallest absolute Gasteiger partial charge is 0.407 e. The van der Waals surface area contributed by atoms with Crippen LogP contribution in [-0.2, 0) is 16.7 Å². The first-order valence-electron chi connectivity index (χ1n) is 9.65. The summed E-state index contributed by atoms with van der Waals surface area (Å²) in [7, 11) is 0. The molecule has 0 radical (unpaired) electrons. The third-order valence-corrected chi connectivity index (χ3v) is 6.93. The summed E-state index contributed by atoms with van der Waals surface area (Å²) in [5.41, 5.74) is 5.78. The van der Waals surface area contributed by atoms with Crippen LogP contribution in [0.1, 0.15) is 42.8 Å². The zero-order chi connectivity index (χ0) is 21.2. The van der Waals surface area contributed by atoms with Crippen LogP contribution in [0.5, 0.6) is 0 Å². The first-order valence-corrected chi connectivity index (χ1v) is 10.5. The number of alkyl halides is 1. The lowest BCUT2D eigenvalue weighted by atomic mass is 9.81. The maximum atomic E-state index is 15.1. The fourth-order valence-corrected chi connectivity index (χ4v) is 4.70. The predicted octanol–water partition coefficient (Wildman–Crippen LogP) is 4.54. The normalized spacial score (nSPS) is 21.3. The summed E-state index contributed by atoms with van der Waals surface area (Å²) in [6.07, 6.45) is 0.355. The number of aromatic nitrogens is 1. The minimum absolute atomic E-state index is 0.264. The third kappa shape index (κ3) is 4.75. The molecule has 2 N–H and O–H groups in total. The predicted molar refractivity (Wildman–Crippen MR) is 109 cm³/mol. The molecule has 2 atom stereocenters. The Kier molecular flexibility index (Phi) is 6.24. The Labute approximate surface area is 173 Å². The average molecular weight is 424 g/mol. The maximum Gasteiger partial charge on any atom is 0.407 e. The number of hydrogen-bond acceptors (Lipinski definition) is 5. The van der Waals surface area contributed by atoms with Gasteiger partial charge in [0.1, 0.15) is 0 Å². The molecule has 0 bridgehead atoms. The van der Waals surface area contributed by atoms with Gasteiger partial charge in [-0.2, -0.15) is 4.39 Å². The van der Waals surface area contributed by atoms with Gasteiger partial charge in [0, 0.05) is 28.9 Å². The van der Waals surface area contributed by atoms with Crippen molar-refractivity contribution >= 4 is 17.4 Å². The molecule has 1 aliphatic heterocycles. The Hall–Kier alpha value is -2.06. The Balaban J connectivity index is 1.81. The van der Waals surface area contributed by atoms with Crippen LogP contribution in [0, 0.1) is 17.5 Å². The molecular formula is C21H27F2N3O2S. The van der Waals surface area contributed by atoms with Gasteiger partial charge in [0.15, 0.2) is 5.13 Å². The summed E-state index contributed by atoms with van der Waals surface area (Å²) in [6, 6.07) is 7.11. The monoisotopic (exact) mass is 423 g/mol. The lowest BCUT2D eigenvalue weighted by Crippen LogP contribution is -2.45. The number of carbonyl (C=O) groups is 1. The van der Waals surface area contributed by atoms with E-state index in [2.05, 4.69) is 23.7 Å². The van der Waals surface area contributed by atoms with E-state index in [-0.39, 0.29) is 10.7 Å². The second kappa shape index (κ2) is 8.36. The highest BCUT2D eigenvalue weighted by Gasteiger charge is 2.50. The lowest BCUT2D eigenvalue weighted by Gasteiger charge is -2.38. The molecule has 8 heteroatoms. The van der Waals surface area contributed by atoms with E-state index in [9.17, 15) is 9.18 Å². The van der Waals surface area contributed by atoms with Gasteiger partial charge in [-0.15, -0.1) is 11.3 Å². The molecule has 0 aliphatic carbocycles. The van der Waals surface area contributed by atoms with Crippen molar-refractivity contribution in [3.8, 4) is 0 Å². The van der Waals surface area contributed by atoms with Crippen LogP contribution in [0.3, 0.4) is 0 Å². The van der Waals surface area contributed by atoms with Gasteiger partial charge in [-0.1, -0.05) is 6.07 Å². The van der Waals surface area contributed by atoms with E-state index >= 15 is 4.39 Å². The highest BCUT2D eigenvalue weighted by Crippen LogP contribution is 2.45. The number of thiophene rings is 1. The van der Waals surface area contributed by atoms with Crippen LogP contribution < -0.4 is 5.73 Å². The number of likely N-dealkylation sites (tertiary alicyclic amines) is 1. The van der Waals surface area contributed by atoms with Crippen molar-refractivity contribution in [2.24, 2.45) is 11.1 Å². The van der Waals surface area contributed by atoms with E-state index in [0.29, 0.717) is 32.4 Å². The van der Waals surface area contributed by atoms with Crippen LogP contribution in [-0.4, -0.2) is 35.4 Å². The standard InChI is InChI=1S/C21H27F2N3O2S/c1-14-4-5-15(12-25-14)20(2,3)26-11-10-21(13-26,18(23)28-19(24)27)9-8-16-6-7-17(22)29-16/h4-7,12,18H,8-11,13H2,1-3H3,(H2,24,27)/t18-,21?/m0/s1. The Morgan fingerprint density at radius 3 is 2.76 bits per heavy atom. The summed E-state index contributed by atoms with van der Waals surface area (Å²) < 4.78 is 33.2. The van der Waals surface area contributed by atoms with Gasteiger partial charge in [0.05, 0.1) is 5.41 Å². The summed E-state index contributed by atoms with van der Waals surface area (Å²) >= 11 is 1.06. The molecular weight excluding hydrogens is 396 g/mol. The van der Waals surface area contributed by atoms with Crippen LogP contribution in [0.15, 0.2) is 30.5 Å². The molecule has 3 heterocycles. The zero-order valence-corrected chi connectivity index (χ0v) is 17.8. The van der Waals surface area contributed by atoms with E-state index < -0.39 is 17.9 Å². The van der Waals surface area contributed by atoms with E-state index in [1.54, 1.807) is 6.07 Å². The zero-order valence-electron chi connectivity index (χ0n) is 17.0. The van der Waals surface area contributed by atoms with Gasteiger partial charge >= 0.3 is 6.09 Å². The topological polar surface area (TPSA) is 68.5 Å². The molecule has 1 saturated heterocycles. The number of halogens is 2. The highest BCUT2D eigenvalue weighted by atomic mass is 32.1. The SMILES string of the molecule is Cc1ccc(C(C)(C)N2CCC(CCc3ccc(F)s3)([C@@H](F)OC(N)=O)C2)cn1. The fraction of sp³-hybridized carbons (Fsp3) is 0.524. The number of amides is 1. The molecule has 0 aromatic carbocycles. The molecule has 1 fully saturated rings. The quantitative estimate of drug-likeness (QED) is 0.710. The molecule has 2 aromatic rings. The highest BCUT2D eigenvalue weighted by molar-refractivity contribution is 7.10. The van der Waals surface area contributed by atoms with E-state index in [0.717, 1.165) is 27.5 Å².